The van der Waals surface area contributed by atoms with Crippen LogP contribution in [-0.4, -0.2) is 25.7 Å². The molecule has 168 valence electrons. The summed E-state index contributed by atoms with van der Waals surface area (Å²) >= 11 is 1.24. The van der Waals surface area contributed by atoms with Crippen molar-refractivity contribution in [2.45, 2.75) is 45.0 Å². The van der Waals surface area contributed by atoms with E-state index in [2.05, 4.69) is 10.3 Å². The van der Waals surface area contributed by atoms with Gasteiger partial charge in [0, 0.05) is 11.9 Å². The molecule has 0 bridgehead atoms. The number of rotatable bonds is 5. The van der Waals surface area contributed by atoms with Crippen LogP contribution in [0.25, 0.3) is 16.7 Å². The first-order valence-corrected chi connectivity index (χ1v) is 11.6. The predicted molar refractivity (Wildman–Crippen MR) is 134 cm³/mol. The van der Waals surface area contributed by atoms with E-state index in [4.69, 9.17) is 4.98 Å². The van der Waals surface area contributed by atoms with Crippen molar-refractivity contribution in [2.24, 2.45) is 0 Å². The Labute approximate surface area is 197 Å². The molecule has 4 aromatic rings. The van der Waals surface area contributed by atoms with E-state index in [9.17, 15) is 9.59 Å². The number of hydrogen-bond donors (Lipinski definition) is 1. The van der Waals surface area contributed by atoms with Gasteiger partial charge in [0.15, 0.2) is 5.16 Å². The van der Waals surface area contributed by atoms with Crippen molar-refractivity contribution in [3.05, 3.63) is 87.3 Å². The van der Waals surface area contributed by atoms with Gasteiger partial charge in [-0.05, 0) is 75.6 Å². The lowest BCUT2D eigenvalue weighted by Crippen LogP contribution is -2.27. The molecule has 0 saturated heterocycles. The van der Waals surface area contributed by atoms with Crippen molar-refractivity contribution in [1.82, 2.24) is 14.5 Å². The highest BCUT2D eigenvalue weighted by Gasteiger charge is 2.22. The van der Waals surface area contributed by atoms with Gasteiger partial charge in [-0.15, -0.1) is 0 Å². The standard InChI is InChI=1S/C26H26N4O2S/c1-15-10-11-27-22(14-15)30-25(32)20-8-6-7-9-21(20)28-26(30)33-19(5)24(31)29-23-17(3)12-16(2)13-18(23)4/h6-14,19H,1-5H3,(H,29,31). The Bertz CT molecular complexity index is 1400. The van der Waals surface area contributed by atoms with Gasteiger partial charge in [0.1, 0.15) is 5.82 Å². The summed E-state index contributed by atoms with van der Waals surface area (Å²) in [7, 11) is 0. The Morgan fingerprint density at radius 2 is 1.70 bits per heavy atom. The lowest BCUT2D eigenvalue weighted by molar-refractivity contribution is -0.115. The van der Waals surface area contributed by atoms with Gasteiger partial charge >= 0.3 is 0 Å². The van der Waals surface area contributed by atoms with Crippen LogP contribution in [0.1, 0.15) is 29.2 Å². The fraction of sp³-hybridized carbons (Fsp3) is 0.231. The molecule has 7 heteroatoms. The highest BCUT2D eigenvalue weighted by atomic mass is 32.2. The lowest BCUT2D eigenvalue weighted by Gasteiger charge is -2.18. The van der Waals surface area contributed by atoms with E-state index in [-0.39, 0.29) is 11.5 Å². The Balaban J connectivity index is 1.73. The first kappa shape index (κ1) is 22.7. The van der Waals surface area contributed by atoms with E-state index in [1.54, 1.807) is 18.3 Å². The van der Waals surface area contributed by atoms with E-state index in [1.807, 2.05) is 71.0 Å². The summed E-state index contributed by atoms with van der Waals surface area (Å²) in [5, 5.41) is 3.50. The quantitative estimate of drug-likeness (QED) is 0.331. The lowest BCUT2D eigenvalue weighted by atomic mass is 10.1. The number of hydrogen-bond acceptors (Lipinski definition) is 5. The van der Waals surface area contributed by atoms with Crippen molar-refractivity contribution in [3.63, 3.8) is 0 Å². The number of amides is 1. The second-order valence-electron chi connectivity index (χ2n) is 8.27. The normalized spacial score (nSPS) is 12.0. The molecule has 0 aliphatic rings. The van der Waals surface area contributed by atoms with E-state index < -0.39 is 5.25 Å². The monoisotopic (exact) mass is 458 g/mol. The molecule has 0 fully saturated rings. The van der Waals surface area contributed by atoms with Gasteiger partial charge in [-0.1, -0.05) is 41.6 Å². The van der Waals surface area contributed by atoms with Gasteiger partial charge in [-0.25, -0.2) is 14.5 Å². The van der Waals surface area contributed by atoms with Crippen molar-refractivity contribution < 1.29 is 4.79 Å². The van der Waals surface area contributed by atoms with Gasteiger partial charge in [-0.2, -0.15) is 0 Å². The molecular formula is C26H26N4O2S. The molecule has 1 unspecified atom stereocenters. The maximum atomic E-state index is 13.4. The summed E-state index contributed by atoms with van der Waals surface area (Å²) in [6, 6.07) is 15.0. The van der Waals surface area contributed by atoms with Crippen LogP contribution in [0.5, 0.6) is 0 Å². The Morgan fingerprint density at radius 3 is 2.39 bits per heavy atom. The van der Waals surface area contributed by atoms with Gasteiger partial charge in [0.25, 0.3) is 5.56 Å². The molecule has 1 atom stereocenters. The van der Waals surface area contributed by atoms with Crippen molar-refractivity contribution in [1.29, 1.82) is 0 Å². The molecule has 4 rings (SSSR count). The molecule has 0 radical (unpaired) electrons. The van der Waals surface area contributed by atoms with Crippen molar-refractivity contribution >= 4 is 34.3 Å². The van der Waals surface area contributed by atoms with Crippen LogP contribution in [0, 0.1) is 27.7 Å². The van der Waals surface area contributed by atoms with Crippen LogP contribution < -0.4 is 10.9 Å². The number of aromatic nitrogens is 3. The van der Waals surface area contributed by atoms with Crippen LogP contribution in [0.2, 0.25) is 0 Å². The Morgan fingerprint density at radius 1 is 1.00 bits per heavy atom. The van der Waals surface area contributed by atoms with Crippen molar-refractivity contribution in [3.8, 4) is 5.82 Å². The number of pyridine rings is 1. The summed E-state index contributed by atoms with van der Waals surface area (Å²) in [6.07, 6.45) is 1.67. The van der Waals surface area contributed by atoms with Crippen LogP contribution in [0.15, 0.2) is 64.7 Å². The highest BCUT2D eigenvalue weighted by Crippen LogP contribution is 2.27. The molecule has 33 heavy (non-hydrogen) atoms. The van der Waals surface area contributed by atoms with E-state index in [0.29, 0.717) is 21.9 Å². The fourth-order valence-electron chi connectivity index (χ4n) is 3.85. The number of benzene rings is 2. The topological polar surface area (TPSA) is 76.9 Å². The zero-order valence-electron chi connectivity index (χ0n) is 19.3. The third-order valence-electron chi connectivity index (χ3n) is 5.45. The minimum absolute atomic E-state index is 0.152. The van der Waals surface area contributed by atoms with Crippen LogP contribution >= 0.6 is 11.8 Å². The molecule has 0 aliphatic carbocycles. The smallest absolute Gasteiger partial charge is 0.267 e. The average Bonchev–Trinajstić information content (AvgIpc) is 2.76. The first-order chi connectivity index (χ1) is 15.7. The molecule has 0 spiro atoms. The number of carbonyl (C=O) groups excluding carboxylic acids is 1. The molecular weight excluding hydrogens is 432 g/mol. The number of para-hydroxylation sites is 1. The number of aryl methyl sites for hydroxylation is 4. The van der Waals surface area contributed by atoms with Gasteiger partial charge in [0.05, 0.1) is 16.2 Å². The predicted octanol–water partition coefficient (Wildman–Crippen LogP) is 5.13. The molecule has 6 nitrogen and oxygen atoms in total. The molecule has 1 N–H and O–H groups in total. The number of anilines is 1. The largest absolute Gasteiger partial charge is 0.325 e. The van der Waals surface area contributed by atoms with Crippen LogP contribution in [0.3, 0.4) is 0 Å². The molecule has 1 amide bonds. The third kappa shape index (κ3) is 4.68. The highest BCUT2D eigenvalue weighted by molar-refractivity contribution is 8.00. The van der Waals surface area contributed by atoms with E-state index in [0.717, 1.165) is 27.9 Å². The fourth-order valence-corrected chi connectivity index (χ4v) is 4.76. The second kappa shape index (κ2) is 9.19. The summed E-state index contributed by atoms with van der Waals surface area (Å²) in [5.41, 5.74) is 5.37. The van der Waals surface area contributed by atoms with Gasteiger partial charge in [0.2, 0.25) is 5.91 Å². The molecule has 0 aliphatic heterocycles. The minimum Gasteiger partial charge on any atom is -0.325 e. The average molecular weight is 459 g/mol. The van der Waals surface area contributed by atoms with Gasteiger partial charge < -0.3 is 5.32 Å². The Hall–Kier alpha value is -3.45. The third-order valence-corrected chi connectivity index (χ3v) is 6.50. The number of nitrogens with zero attached hydrogens (tertiary/aromatic N) is 3. The second-order valence-corrected chi connectivity index (χ2v) is 9.57. The molecule has 0 saturated carbocycles. The molecule has 2 aromatic heterocycles. The SMILES string of the molecule is Cc1ccnc(-n2c(SC(C)C(=O)Nc3c(C)cc(C)cc3C)nc3ccccc3c2=O)c1. The summed E-state index contributed by atoms with van der Waals surface area (Å²) in [5.74, 6) is 0.333. The van der Waals surface area contributed by atoms with Crippen LogP contribution in [0.4, 0.5) is 5.69 Å². The number of fused-ring (bicyclic) bond motifs is 1. The minimum atomic E-state index is -0.491. The van der Waals surface area contributed by atoms with E-state index in [1.165, 1.54) is 16.3 Å². The molecule has 2 aromatic carbocycles. The number of nitrogens with one attached hydrogen (secondary N) is 1. The zero-order chi connectivity index (χ0) is 23.7. The summed E-state index contributed by atoms with van der Waals surface area (Å²) in [6.45, 7) is 9.76. The number of carbonyl (C=O) groups is 1. The van der Waals surface area contributed by atoms with E-state index >= 15 is 0 Å². The summed E-state index contributed by atoms with van der Waals surface area (Å²) in [4.78, 5) is 35.6. The maximum absolute atomic E-state index is 13.4. The van der Waals surface area contributed by atoms with Crippen LogP contribution in [-0.2, 0) is 4.79 Å². The first-order valence-electron chi connectivity index (χ1n) is 10.7. The number of thioether (sulfide) groups is 1. The molecule has 2 heterocycles. The summed E-state index contributed by atoms with van der Waals surface area (Å²) < 4.78 is 1.49. The van der Waals surface area contributed by atoms with Crippen molar-refractivity contribution in [2.75, 3.05) is 5.32 Å². The maximum Gasteiger partial charge on any atom is 0.267 e. The Kier molecular flexibility index (Phi) is 6.33. The zero-order valence-corrected chi connectivity index (χ0v) is 20.2. The van der Waals surface area contributed by atoms with Gasteiger partial charge in [-0.3, -0.25) is 9.59 Å².